The molecule has 4 aromatic carbocycles. The first-order valence-electron chi connectivity index (χ1n) is 18.6. The predicted octanol–water partition coefficient (Wildman–Crippen LogP) is 6.28. The van der Waals surface area contributed by atoms with Crippen LogP contribution in [0.2, 0.25) is 0 Å². The van der Waals surface area contributed by atoms with Crippen molar-refractivity contribution in [2.24, 2.45) is 5.92 Å². The lowest BCUT2D eigenvalue weighted by atomic mass is 9.53. The molecule has 0 radical (unpaired) electrons. The highest BCUT2D eigenvalue weighted by Gasteiger charge is 2.78. The van der Waals surface area contributed by atoms with Crippen LogP contribution >= 0.6 is 0 Å². The molecule has 10 nitrogen and oxygen atoms in total. The SMILES string of the molecule is CCCC1(C(=O)N(C)C)N(C(=O)[C@@H](NC(=O)c2cccc3ccccc23)C(C)C)C(=O)N(CCCc2ccccc2)C1(C)B1Oc2cc3cc(c2O1)C3. The van der Waals surface area contributed by atoms with Gasteiger partial charge in [0.05, 0.1) is 0 Å². The second-order valence-electron chi connectivity index (χ2n) is 15.2. The van der Waals surface area contributed by atoms with Crippen molar-refractivity contribution in [1.29, 1.82) is 0 Å². The number of aryl methyl sites for hydroxylation is 1. The van der Waals surface area contributed by atoms with Crippen LogP contribution in [0.3, 0.4) is 0 Å². The maximum atomic E-state index is 15.3. The number of carbonyl (C=O) groups is 4. The van der Waals surface area contributed by atoms with Crippen molar-refractivity contribution >= 4 is 41.6 Å². The van der Waals surface area contributed by atoms with Crippen LogP contribution < -0.4 is 14.6 Å². The zero-order chi connectivity index (χ0) is 37.7. The van der Waals surface area contributed by atoms with E-state index in [0.717, 1.165) is 38.8 Å². The Hall–Kier alpha value is -5.32. The highest BCUT2D eigenvalue weighted by Crippen LogP contribution is 2.53. The molecule has 0 aromatic heterocycles. The molecular weight excluding hydrogens is 667 g/mol. The van der Waals surface area contributed by atoms with Gasteiger partial charge in [0.2, 0.25) is 0 Å². The van der Waals surface area contributed by atoms with E-state index >= 15 is 14.4 Å². The zero-order valence-electron chi connectivity index (χ0n) is 31.3. The average molecular weight is 715 g/mol. The maximum Gasteiger partial charge on any atom is 0.625 e. The molecule has 1 saturated heterocycles. The molecule has 4 aliphatic rings. The fraction of sp³-hybridized carbons (Fsp3) is 0.381. The minimum absolute atomic E-state index is 0.146. The number of likely N-dealkylation sites (N-methyl/N-ethyl adjacent to an activating group) is 1. The van der Waals surface area contributed by atoms with E-state index in [1.54, 1.807) is 31.1 Å². The number of nitrogens with one attached hydrogen (secondary N) is 1. The third-order valence-corrected chi connectivity index (χ3v) is 11.2. The summed E-state index contributed by atoms with van der Waals surface area (Å²) >= 11 is 0. The Balaban J connectivity index is 1.32. The first-order valence-corrected chi connectivity index (χ1v) is 18.6. The van der Waals surface area contributed by atoms with Gasteiger partial charge in [-0.15, -0.1) is 0 Å². The number of amides is 5. The standard InChI is InChI=1S/C42H47BN4O6/c1-7-22-42(39(50)45(5)6)41(4,43-52-34-26-29-24-31(25-29)36(34)53-43)46(23-14-17-28-15-9-8-10-16-28)40(51)47(42)38(49)35(27(2)3)44-37(48)33-21-13-19-30-18-11-12-20-32(30)33/h8-13,15-16,18-21,24,26-27,35H,7,14,17,22-23,25H2,1-6H3,(H,44,48)/t35-,41?,42?/m0/s1. The Bertz CT molecular complexity index is 2080. The minimum Gasteiger partial charge on any atom is -0.522 e. The molecular formula is C42H47BN4O6. The normalized spacial score (nSPS) is 20.5. The van der Waals surface area contributed by atoms with Crippen LogP contribution in [0, 0.1) is 5.92 Å². The summed E-state index contributed by atoms with van der Waals surface area (Å²) in [6.45, 7) is 7.64. The molecule has 5 amide bonds. The van der Waals surface area contributed by atoms with Gasteiger partial charge in [0.25, 0.3) is 17.7 Å². The molecule has 53 heavy (non-hydrogen) atoms. The molecule has 2 unspecified atom stereocenters. The van der Waals surface area contributed by atoms with Crippen molar-refractivity contribution in [2.75, 3.05) is 20.6 Å². The van der Waals surface area contributed by atoms with Crippen molar-refractivity contribution in [3.05, 3.63) is 107 Å². The molecule has 0 saturated carbocycles. The van der Waals surface area contributed by atoms with Crippen molar-refractivity contribution in [3.8, 4) is 11.5 Å². The second kappa shape index (κ2) is 13.9. The van der Waals surface area contributed by atoms with Crippen molar-refractivity contribution < 1.29 is 28.5 Å². The highest BCUT2D eigenvalue weighted by molar-refractivity contribution is 6.54. The van der Waals surface area contributed by atoms with Crippen LogP contribution in [0.1, 0.15) is 74.0 Å². The Morgan fingerprint density at radius 3 is 2.34 bits per heavy atom. The van der Waals surface area contributed by atoms with Gasteiger partial charge < -0.3 is 24.4 Å². The second-order valence-corrected chi connectivity index (χ2v) is 15.2. The lowest BCUT2D eigenvalue weighted by molar-refractivity contribution is -0.151. The molecule has 1 N–H and O–H groups in total. The molecule has 4 aromatic rings. The Labute approximate surface area is 311 Å². The molecule has 2 heterocycles. The monoisotopic (exact) mass is 714 g/mol. The van der Waals surface area contributed by atoms with Gasteiger partial charge in [-0.2, -0.15) is 0 Å². The van der Waals surface area contributed by atoms with Crippen molar-refractivity contribution in [1.82, 2.24) is 20.0 Å². The molecule has 0 spiro atoms. The minimum atomic E-state index is -1.76. The van der Waals surface area contributed by atoms with Gasteiger partial charge in [-0.3, -0.25) is 14.4 Å². The van der Waals surface area contributed by atoms with E-state index in [9.17, 15) is 4.79 Å². The summed E-state index contributed by atoms with van der Waals surface area (Å²) in [6, 6.07) is 25.3. The van der Waals surface area contributed by atoms with Crippen LogP contribution in [0.4, 0.5) is 4.79 Å². The largest absolute Gasteiger partial charge is 0.625 e. The third kappa shape index (κ3) is 5.81. The lowest BCUT2D eigenvalue weighted by Crippen LogP contribution is -2.76. The van der Waals surface area contributed by atoms with Crippen LogP contribution in [0.25, 0.3) is 10.8 Å². The molecule has 8 rings (SSSR count). The molecule has 2 aliphatic carbocycles. The maximum absolute atomic E-state index is 15.3. The van der Waals surface area contributed by atoms with Crippen LogP contribution in [0.15, 0.2) is 84.9 Å². The van der Waals surface area contributed by atoms with Gasteiger partial charge in [0, 0.05) is 38.2 Å². The smallest absolute Gasteiger partial charge is 0.522 e. The summed E-state index contributed by atoms with van der Waals surface area (Å²) in [5, 5.41) is 4.62. The number of nitrogens with zero attached hydrogens (tertiary/aromatic N) is 3. The van der Waals surface area contributed by atoms with Crippen molar-refractivity contribution in [2.45, 2.75) is 76.8 Å². The van der Waals surface area contributed by atoms with Crippen molar-refractivity contribution in [3.63, 3.8) is 0 Å². The van der Waals surface area contributed by atoms with Crippen LogP contribution in [0.5, 0.6) is 11.5 Å². The van der Waals surface area contributed by atoms with E-state index in [-0.39, 0.29) is 13.0 Å². The average Bonchev–Trinajstić information content (AvgIpc) is 3.67. The summed E-state index contributed by atoms with van der Waals surface area (Å²) in [6.07, 6.45) is 2.61. The summed E-state index contributed by atoms with van der Waals surface area (Å²) in [5.41, 5.74) is 0.420. The first kappa shape index (κ1) is 36.1. The topological polar surface area (TPSA) is 108 Å². The lowest BCUT2D eigenvalue weighted by Gasteiger charge is -2.47. The predicted molar refractivity (Wildman–Crippen MR) is 205 cm³/mol. The Morgan fingerprint density at radius 2 is 1.66 bits per heavy atom. The number of rotatable bonds is 12. The Morgan fingerprint density at radius 1 is 0.962 bits per heavy atom. The van der Waals surface area contributed by atoms with Crippen LogP contribution in [-0.4, -0.2) is 83.2 Å². The third-order valence-electron chi connectivity index (χ3n) is 11.2. The van der Waals surface area contributed by atoms with E-state index in [0.29, 0.717) is 36.3 Å². The van der Waals surface area contributed by atoms with Gasteiger partial charge in [0.1, 0.15) is 23.0 Å². The summed E-state index contributed by atoms with van der Waals surface area (Å²) in [5.74, 6) is -0.764. The van der Waals surface area contributed by atoms with E-state index < -0.39 is 53.8 Å². The quantitative estimate of drug-likeness (QED) is 0.153. The summed E-state index contributed by atoms with van der Waals surface area (Å²) in [4.78, 5) is 63.8. The number of hydrogen-bond donors (Lipinski definition) is 1. The zero-order valence-corrected chi connectivity index (χ0v) is 31.3. The summed E-state index contributed by atoms with van der Waals surface area (Å²) < 4.78 is 13.2. The molecule has 1 fully saturated rings. The molecule has 2 aliphatic heterocycles. The molecule has 11 heteroatoms. The molecule has 2 bridgehead atoms. The van der Waals surface area contributed by atoms with Gasteiger partial charge in [-0.05, 0) is 66.1 Å². The van der Waals surface area contributed by atoms with E-state index in [1.165, 1.54) is 4.90 Å². The van der Waals surface area contributed by atoms with Gasteiger partial charge >= 0.3 is 13.1 Å². The number of hydrogen-bond acceptors (Lipinski definition) is 6. The van der Waals surface area contributed by atoms with Crippen LogP contribution in [-0.2, 0) is 22.4 Å². The first-order chi connectivity index (χ1) is 25.4. The van der Waals surface area contributed by atoms with E-state index in [1.807, 2.05) is 94.4 Å². The molecule has 274 valence electrons. The number of imide groups is 1. The fourth-order valence-corrected chi connectivity index (χ4v) is 8.50. The summed E-state index contributed by atoms with van der Waals surface area (Å²) in [7, 11) is 2.18. The number of fused-ring (bicyclic) bond motifs is 1. The van der Waals surface area contributed by atoms with Gasteiger partial charge in [-0.1, -0.05) is 100.0 Å². The van der Waals surface area contributed by atoms with E-state index in [4.69, 9.17) is 9.31 Å². The van der Waals surface area contributed by atoms with Gasteiger partial charge in [-0.25, -0.2) is 9.69 Å². The molecule has 3 atom stereocenters. The number of benzene rings is 4. The number of urea groups is 1. The fourth-order valence-electron chi connectivity index (χ4n) is 8.50. The van der Waals surface area contributed by atoms with E-state index in [2.05, 4.69) is 11.4 Å². The number of carbonyl (C=O) groups excluding carboxylic acids is 4. The highest BCUT2D eigenvalue weighted by atomic mass is 16.6. The van der Waals surface area contributed by atoms with Gasteiger partial charge in [0.15, 0.2) is 5.54 Å². The Kier molecular flexibility index (Phi) is 9.47.